The Labute approximate surface area is 259 Å². The summed E-state index contributed by atoms with van der Waals surface area (Å²) in [6.45, 7) is 3.42. The number of carbonyl (C=O) groups is 2. The van der Waals surface area contributed by atoms with Crippen molar-refractivity contribution in [2.24, 2.45) is 0 Å². The molecule has 1 fully saturated rings. The van der Waals surface area contributed by atoms with Gasteiger partial charge in [0.05, 0.1) is 36.2 Å². The topological polar surface area (TPSA) is 137 Å². The average Bonchev–Trinajstić information content (AvgIpc) is 3.54. The Morgan fingerprint density at radius 2 is 1.59 bits per heavy atom. The molecule has 0 spiro atoms. The van der Waals surface area contributed by atoms with Gasteiger partial charge in [-0.3, -0.25) is 13.9 Å². The van der Waals surface area contributed by atoms with Gasteiger partial charge in [-0.2, -0.15) is 0 Å². The Bertz CT molecular complexity index is 1500. The van der Waals surface area contributed by atoms with Crippen LogP contribution >= 0.6 is 0 Å². The summed E-state index contributed by atoms with van der Waals surface area (Å²) in [7, 11) is -2.33. The molecule has 1 heterocycles. The van der Waals surface area contributed by atoms with Gasteiger partial charge in [-0.1, -0.05) is 60.7 Å². The van der Waals surface area contributed by atoms with E-state index in [0.29, 0.717) is 13.0 Å². The van der Waals surface area contributed by atoms with E-state index in [1.807, 2.05) is 67.6 Å². The van der Waals surface area contributed by atoms with Crippen LogP contribution in [0.15, 0.2) is 78.9 Å². The highest BCUT2D eigenvalue weighted by Crippen LogP contribution is 2.22. The molecule has 10 nitrogen and oxygen atoms in total. The van der Waals surface area contributed by atoms with Crippen LogP contribution in [0.5, 0.6) is 0 Å². The van der Waals surface area contributed by atoms with Gasteiger partial charge >= 0.3 is 0 Å². The van der Waals surface area contributed by atoms with E-state index in [9.17, 15) is 23.1 Å². The van der Waals surface area contributed by atoms with Gasteiger partial charge in [-0.05, 0) is 55.5 Å². The molecular weight excluding hydrogens is 580 g/mol. The number of benzene rings is 3. The first-order chi connectivity index (χ1) is 21.0. The Hall–Kier alpha value is -3.77. The zero-order valence-corrected chi connectivity index (χ0v) is 26.2. The monoisotopic (exact) mass is 622 g/mol. The Morgan fingerprint density at radius 1 is 0.977 bits per heavy atom. The van der Waals surface area contributed by atoms with Gasteiger partial charge in [0.15, 0.2) is 0 Å². The van der Waals surface area contributed by atoms with E-state index in [1.165, 1.54) is 25.2 Å². The second-order valence-electron chi connectivity index (χ2n) is 11.2. The third kappa shape index (κ3) is 9.36. The molecule has 0 bridgehead atoms. The maximum atomic E-state index is 13.7. The molecule has 3 aromatic rings. The number of hydrogen-bond donors (Lipinski definition) is 4. The predicted molar refractivity (Wildman–Crippen MR) is 171 cm³/mol. The minimum Gasteiger partial charge on any atom is -0.390 e. The summed E-state index contributed by atoms with van der Waals surface area (Å²) >= 11 is 0. The largest absolute Gasteiger partial charge is 0.390 e. The summed E-state index contributed by atoms with van der Waals surface area (Å²) < 4.78 is 31.5. The first-order valence-corrected chi connectivity index (χ1v) is 16.7. The van der Waals surface area contributed by atoms with Crippen LogP contribution in [0.4, 0.5) is 5.69 Å². The zero-order valence-electron chi connectivity index (χ0n) is 25.4. The second kappa shape index (κ2) is 15.3. The molecule has 4 rings (SSSR count). The normalized spacial score (nSPS) is 17.0. The number of anilines is 1. The van der Waals surface area contributed by atoms with Crippen molar-refractivity contribution in [3.05, 3.63) is 101 Å². The van der Waals surface area contributed by atoms with Crippen molar-refractivity contribution in [3.63, 3.8) is 0 Å². The van der Waals surface area contributed by atoms with Crippen molar-refractivity contribution in [2.75, 3.05) is 37.3 Å². The van der Waals surface area contributed by atoms with Gasteiger partial charge < -0.3 is 25.8 Å². The summed E-state index contributed by atoms with van der Waals surface area (Å²) in [5, 5.41) is 20.3. The number of carbonyl (C=O) groups excluding carboxylic acids is 2. The quantitative estimate of drug-likeness (QED) is 0.217. The lowest BCUT2D eigenvalue weighted by molar-refractivity contribution is 0.0793. The molecule has 4 N–H and O–H groups in total. The number of amides is 2. The molecule has 1 aliphatic heterocycles. The number of sulfonamides is 1. The highest BCUT2D eigenvalue weighted by atomic mass is 32.2. The van der Waals surface area contributed by atoms with Crippen molar-refractivity contribution < 1.29 is 27.9 Å². The summed E-state index contributed by atoms with van der Waals surface area (Å²) in [5.74, 6) is -1.00. The van der Waals surface area contributed by atoms with Gasteiger partial charge in [-0.25, -0.2) is 8.42 Å². The molecule has 1 aliphatic rings. The molecule has 1 saturated heterocycles. The molecule has 4 unspecified atom stereocenters. The highest BCUT2D eigenvalue weighted by Gasteiger charge is 2.25. The van der Waals surface area contributed by atoms with Crippen LogP contribution in [0.3, 0.4) is 0 Å². The minimum atomic E-state index is -3.69. The van der Waals surface area contributed by atoms with Crippen molar-refractivity contribution in [1.29, 1.82) is 0 Å². The van der Waals surface area contributed by atoms with Crippen LogP contribution in [0.2, 0.25) is 0 Å². The highest BCUT2D eigenvalue weighted by molar-refractivity contribution is 7.92. The minimum absolute atomic E-state index is 0.0908. The van der Waals surface area contributed by atoms with E-state index in [2.05, 4.69) is 16.0 Å². The lowest BCUT2D eigenvalue weighted by Gasteiger charge is -2.26. The van der Waals surface area contributed by atoms with E-state index >= 15 is 0 Å². The molecule has 0 aliphatic carbocycles. The second-order valence-corrected chi connectivity index (χ2v) is 13.2. The Morgan fingerprint density at radius 3 is 2.18 bits per heavy atom. The fourth-order valence-electron chi connectivity index (χ4n) is 5.09. The van der Waals surface area contributed by atoms with Gasteiger partial charge in [0.1, 0.15) is 0 Å². The number of aliphatic hydroxyl groups is 1. The third-order valence-corrected chi connectivity index (χ3v) is 8.99. The van der Waals surface area contributed by atoms with Crippen molar-refractivity contribution in [1.82, 2.24) is 16.0 Å². The maximum Gasteiger partial charge on any atom is 0.251 e. The number of nitrogens with zero attached hydrogens (tertiary/aromatic N) is 1. The number of nitrogens with one attached hydrogen (secondary N) is 3. The van der Waals surface area contributed by atoms with Gasteiger partial charge in [0, 0.05) is 37.9 Å². The molecule has 44 heavy (non-hydrogen) atoms. The van der Waals surface area contributed by atoms with Crippen LogP contribution in [0.1, 0.15) is 57.7 Å². The lowest BCUT2D eigenvalue weighted by atomic mass is 10.00. The summed E-state index contributed by atoms with van der Waals surface area (Å²) in [6.07, 6.45) is 2.56. The van der Waals surface area contributed by atoms with E-state index in [0.717, 1.165) is 41.1 Å². The van der Waals surface area contributed by atoms with E-state index < -0.39 is 34.0 Å². The Balaban J connectivity index is 1.57. The van der Waals surface area contributed by atoms with Crippen LogP contribution in [0.25, 0.3) is 0 Å². The lowest BCUT2D eigenvalue weighted by Crippen LogP contribution is -2.49. The first-order valence-electron chi connectivity index (χ1n) is 14.8. The van der Waals surface area contributed by atoms with E-state index in [-0.39, 0.29) is 35.5 Å². The van der Waals surface area contributed by atoms with Crippen LogP contribution in [-0.2, 0) is 21.2 Å². The zero-order chi connectivity index (χ0) is 31.7. The average molecular weight is 623 g/mol. The standard InChI is InChI=1S/C33H42N4O6S/c1-23(25-13-8-5-9-14-25)35-32(39)26-18-27(20-28(19-26)37(2)44(3,41)42)33(40)36-30(17-24-11-6-4-7-12-24)31(38)22-34-21-29-15-10-16-43-29/h4-9,11-14,18-20,23,29-31,34,38H,10,15-17,21-22H2,1-3H3,(H,35,39)(H,36,40). The van der Waals surface area contributed by atoms with E-state index in [4.69, 9.17) is 4.74 Å². The summed E-state index contributed by atoms with van der Waals surface area (Å²) in [6, 6.07) is 22.2. The molecule has 2 amide bonds. The molecule has 0 radical (unpaired) electrons. The van der Waals surface area contributed by atoms with Crippen molar-refractivity contribution >= 4 is 27.5 Å². The number of ether oxygens (including phenoxy) is 1. The SMILES string of the molecule is CC(NC(=O)c1cc(C(=O)NC(Cc2ccccc2)C(O)CNCC2CCCO2)cc(N(C)S(C)(=O)=O)c1)c1ccccc1. The Kier molecular flexibility index (Phi) is 11.5. The number of aliphatic hydroxyl groups excluding tert-OH is 1. The number of rotatable bonds is 14. The van der Waals surface area contributed by atoms with E-state index in [1.54, 1.807) is 0 Å². The van der Waals surface area contributed by atoms with Crippen LogP contribution < -0.4 is 20.3 Å². The third-order valence-electron chi connectivity index (χ3n) is 7.78. The maximum absolute atomic E-state index is 13.7. The summed E-state index contributed by atoms with van der Waals surface area (Å²) in [4.78, 5) is 27.1. The summed E-state index contributed by atoms with van der Waals surface area (Å²) in [5.41, 5.74) is 2.21. The molecule has 3 aromatic carbocycles. The van der Waals surface area contributed by atoms with Crippen LogP contribution in [-0.4, -0.2) is 76.6 Å². The molecule has 4 atom stereocenters. The fourth-order valence-corrected chi connectivity index (χ4v) is 5.58. The molecule has 11 heteroatoms. The van der Waals surface area contributed by atoms with Crippen molar-refractivity contribution in [3.8, 4) is 0 Å². The molecule has 236 valence electrons. The van der Waals surface area contributed by atoms with Gasteiger partial charge in [0.25, 0.3) is 11.8 Å². The van der Waals surface area contributed by atoms with Crippen LogP contribution in [0, 0.1) is 0 Å². The molecule has 0 saturated carbocycles. The molecular formula is C33H42N4O6S. The fraction of sp³-hybridized carbons (Fsp3) is 0.394. The predicted octanol–water partition coefficient (Wildman–Crippen LogP) is 3.04. The smallest absolute Gasteiger partial charge is 0.251 e. The van der Waals surface area contributed by atoms with Crippen molar-refractivity contribution in [2.45, 2.75) is 50.5 Å². The van der Waals surface area contributed by atoms with Gasteiger partial charge in [0.2, 0.25) is 10.0 Å². The number of hydrogen-bond acceptors (Lipinski definition) is 7. The van der Waals surface area contributed by atoms with Gasteiger partial charge in [-0.15, -0.1) is 0 Å². The molecule has 0 aromatic heterocycles. The first kappa shape index (κ1) is 33.1.